The van der Waals surface area contributed by atoms with E-state index in [0.29, 0.717) is 12.1 Å². The molecule has 2 N–H and O–H groups in total. The third-order valence-electron chi connectivity index (χ3n) is 1.23. The molecule has 12 heavy (non-hydrogen) atoms. The summed E-state index contributed by atoms with van der Waals surface area (Å²) in [7, 11) is 0. The molecule has 0 bridgehead atoms. The summed E-state index contributed by atoms with van der Waals surface area (Å²) in [6.07, 6.45) is 0. The summed E-state index contributed by atoms with van der Waals surface area (Å²) in [4.78, 5) is 11.2. The van der Waals surface area contributed by atoms with Gasteiger partial charge in [-0.15, -0.1) is 11.3 Å². The van der Waals surface area contributed by atoms with Crippen molar-refractivity contribution in [3.05, 3.63) is 19.9 Å². The molecule has 3 nitrogen and oxygen atoms in total. The van der Waals surface area contributed by atoms with Crippen LogP contribution in [-0.2, 0) is 0 Å². The summed E-state index contributed by atoms with van der Waals surface area (Å²) in [6, 6.07) is 1.82. The summed E-state index contributed by atoms with van der Waals surface area (Å²) in [6.45, 7) is 0.290. The van der Waals surface area contributed by atoms with Crippen LogP contribution in [0.3, 0.4) is 0 Å². The van der Waals surface area contributed by atoms with Gasteiger partial charge in [-0.05, 0) is 28.7 Å². The average molecular weight is 297 g/mol. The number of halogens is 1. The number of aliphatic hydroxyl groups is 1. The van der Waals surface area contributed by atoms with Gasteiger partial charge in [0.25, 0.3) is 5.91 Å². The zero-order valence-corrected chi connectivity index (χ0v) is 9.18. The van der Waals surface area contributed by atoms with Crippen molar-refractivity contribution in [2.75, 3.05) is 13.2 Å². The molecule has 1 rings (SSSR count). The summed E-state index contributed by atoms with van der Waals surface area (Å²) < 4.78 is 1.08. The minimum Gasteiger partial charge on any atom is -0.395 e. The van der Waals surface area contributed by atoms with Gasteiger partial charge in [0.15, 0.2) is 0 Å². The zero-order valence-electron chi connectivity index (χ0n) is 6.21. The standard InChI is InChI=1S/C7H8INO2S/c8-6-3-5(4-12-6)7(11)9-1-2-10/h3-4,10H,1-2H2,(H,9,11). The Morgan fingerprint density at radius 3 is 3.00 bits per heavy atom. The van der Waals surface area contributed by atoms with Crippen LogP contribution in [0.15, 0.2) is 11.4 Å². The van der Waals surface area contributed by atoms with Gasteiger partial charge in [0.2, 0.25) is 0 Å². The molecule has 1 aromatic heterocycles. The van der Waals surface area contributed by atoms with Gasteiger partial charge in [0.1, 0.15) is 0 Å². The molecule has 1 aromatic rings. The molecule has 0 radical (unpaired) electrons. The maximum absolute atomic E-state index is 11.2. The Balaban J connectivity index is 2.53. The third kappa shape index (κ3) is 2.72. The first kappa shape index (κ1) is 9.94. The first-order valence-electron chi connectivity index (χ1n) is 3.37. The van der Waals surface area contributed by atoms with E-state index in [0.717, 1.165) is 2.88 Å². The molecule has 1 heterocycles. The van der Waals surface area contributed by atoms with E-state index in [1.807, 2.05) is 6.07 Å². The van der Waals surface area contributed by atoms with E-state index in [9.17, 15) is 4.79 Å². The maximum Gasteiger partial charge on any atom is 0.252 e. The van der Waals surface area contributed by atoms with Crippen LogP contribution in [0, 0.1) is 2.88 Å². The topological polar surface area (TPSA) is 49.3 Å². The predicted molar refractivity (Wildman–Crippen MR) is 56.5 cm³/mol. The van der Waals surface area contributed by atoms with Crippen LogP contribution in [0.2, 0.25) is 0 Å². The van der Waals surface area contributed by atoms with Gasteiger partial charge < -0.3 is 10.4 Å². The van der Waals surface area contributed by atoms with E-state index in [4.69, 9.17) is 5.11 Å². The lowest BCUT2D eigenvalue weighted by Crippen LogP contribution is -2.25. The van der Waals surface area contributed by atoms with Crippen LogP contribution >= 0.6 is 33.9 Å². The van der Waals surface area contributed by atoms with Crippen LogP contribution in [0.25, 0.3) is 0 Å². The summed E-state index contributed by atoms with van der Waals surface area (Å²) in [5.74, 6) is -0.122. The third-order valence-corrected chi connectivity index (χ3v) is 3.02. The summed E-state index contributed by atoms with van der Waals surface area (Å²) in [5.41, 5.74) is 0.665. The molecule has 0 spiro atoms. The molecule has 0 fully saturated rings. The highest BCUT2D eigenvalue weighted by atomic mass is 127. The second-order valence-corrected chi connectivity index (χ2v) is 4.92. The van der Waals surface area contributed by atoms with Gasteiger partial charge >= 0.3 is 0 Å². The number of nitrogens with one attached hydrogen (secondary N) is 1. The second kappa shape index (κ2) is 4.78. The van der Waals surface area contributed by atoms with Gasteiger partial charge in [0, 0.05) is 11.9 Å². The molecular weight excluding hydrogens is 289 g/mol. The van der Waals surface area contributed by atoms with Crippen molar-refractivity contribution in [2.45, 2.75) is 0 Å². The monoisotopic (exact) mass is 297 g/mol. The molecule has 5 heteroatoms. The quantitative estimate of drug-likeness (QED) is 0.820. The van der Waals surface area contributed by atoms with Crippen molar-refractivity contribution >= 4 is 39.8 Å². The van der Waals surface area contributed by atoms with Crippen LogP contribution in [0.1, 0.15) is 10.4 Å². The van der Waals surface area contributed by atoms with Gasteiger partial charge in [-0.25, -0.2) is 0 Å². The van der Waals surface area contributed by atoms with Crippen LogP contribution in [0.5, 0.6) is 0 Å². The van der Waals surface area contributed by atoms with Crippen LogP contribution in [0.4, 0.5) is 0 Å². The highest BCUT2D eigenvalue weighted by Crippen LogP contribution is 2.16. The number of amides is 1. The normalized spacial score (nSPS) is 9.83. The highest BCUT2D eigenvalue weighted by molar-refractivity contribution is 14.1. The highest BCUT2D eigenvalue weighted by Gasteiger charge is 2.05. The van der Waals surface area contributed by atoms with Crippen molar-refractivity contribution in [3.8, 4) is 0 Å². The lowest BCUT2D eigenvalue weighted by molar-refractivity contribution is 0.0945. The number of aliphatic hydroxyl groups excluding tert-OH is 1. The fraction of sp³-hybridized carbons (Fsp3) is 0.286. The van der Waals surface area contributed by atoms with E-state index in [2.05, 4.69) is 27.9 Å². The first-order chi connectivity index (χ1) is 5.74. The van der Waals surface area contributed by atoms with Crippen molar-refractivity contribution < 1.29 is 9.90 Å². The molecule has 0 aliphatic heterocycles. The molecular formula is C7H8INO2S. The average Bonchev–Trinajstić information content (AvgIpc) is 2.47. The van der Waals surface area contributed by atoms with E-state index < -0.39 is 0 Å². The maximum atomic E-state index is 11.2. The number of thiophene rings is 1. The summed E-state index contributed by atoms with van der Waals surface area (Å²) in [5, 5.41) is 12.8. The molecule has 66 valence electrons. The van der Waals surface area contributed by atoms with Gasteiger partial charge in [-0.2, -0.15) is 0 Å². The molecule has 0 saturated carbocycles. The predicted octanol–water partition coefficient (Wildman–Crippen LogP) is 1.07. The molecule has 1 amide bonds. The van der Waals surface area contributed by atoms with Crippen molar-refractivity contribution in [1.29, 1.82) is 0 Å². The van der Waals surface area contributed by atoms with E-state index in [-0.39, 0.29) is 12.5 Å². The Bertz CT molecular complexity index is 274. The number of rotatable bonds is 3. The van der Waals surface area contributed by atoms with Crippen LogP contribution < -0.4 is 5.32 Å². The molecule has 0 unspecified atom stereocenters. The van der Waals surface area contributed by atoms with Crippen molar-refractivity contribution in [3.63, 3.8) is 0 Å². The van der Waals surface area contributed by atoms with Gasteiger partial charge in [-0.1, -0.05) is 0 Å². The lowest BCUT2D eigenvalue weighted by Gasteiger charge is -1.98. The minimum absolute atomic E-state index is 0.0209. The SMILES string of the molecule is O=C(NCCO)c1csc(I)c1. The van der Waals surface area contributed by atoms with E-state index >= 15 is 0 Å². The van der Waals surface area contributed by atoms with Gasteiger partial charge in [0.05, 0.1) is 15.1 Å². The van der Waals surface area contributed by atoms with Crippen molar-refractivity contribution in [1.82, 2.24) is 5.32 Å². The molecule has 0 aromatic carbocycles. The van der Waals surface area contributed by atoms with E-state index in [1.165, 1.54) is 11.3 Å². The molecule has 0 aliphatic carbocycles. The fourth-order valence-corrected chi connectivity index (χ4v) is 2.03. The van der Waals surface area contributed by atoms with E-state index in [1.54, 1.807) is 5.38 Å². The smallest absolute Gasteiger partial charge is 0.252 e. The van der Waals surface area contributed by atoms with Crippen LogP contribution in [-0.4, -0.2) is 24.2 Å². The van der Waals surface area contributed by atoms with Crippen molar-refractivity contribution in [2.24, 2.45) is 0 Å². The molecule has 0 atom stereocenters. The first-order valence-corrected chi connectivity index (χ1v) is 5.33. The largest absolute Gasteiger partial charge is 0.395 e. The number of carbonyl (C=O) groups excluding carboxylic acids is 1. The fourth-order valence-electron chi connectivity index (χ4n) is 0.701. The molecule has 0 saturated heterocycles. The Hall–Kier alpha value is -0.140. The van der Waals surface area contributed by atoms with Gasteiger partial charge in [-0.3, -0.25) is 4.79 Å². The minimum atomic E-state index is -0.122. The Kier molecular flexibility index (Phi) is 3.96. The number of hydrogen-bond donors (Lipinski definition) is 2. The second-order valence-electron chi connectivity index (χ2n) is 2.12. The lowest BCUT2D eigenvalue weighted by atomic mass is 10.3. The Morgan fingerprint density at radius 2 is 2.50 bits per heavy atom. The summed E-state index contributed by atoms with van der Waals surface area (Å²) >= 11 is 3.69. The Morgan fingerprint density at radius 1 is 1.75 bits per heavy atom. The number of carbonyl (C=O) groups is 1. The molecule has 0 aliphatic rings. The Labute approximate surface area is 87.9 Å². The number of hydrogen-bond acceptors (Lipinski definition) is 3. The zero-order chi connectivity index (χ0) is 8.97.